The van der Waals surface area contributed by atoms with Gasteiger partial charge in [-0.1, -0.05) is 0 Å². The van der Waals surface area contributed by atoms with Gasteiger partial charge in [-0.05, 0) is 37.1 Å². The van der Waals surface area contributed by atoms with Crippen LogP contribution in [-0.4, -0.2) is 21.1 Å². The zero-order valence-electron chi connectivity index (χ0n) is 13.6. The largest absolute Gasteiger partial charge is 0.487 e. The highest BCUT2D eigenvalue weighted by molar-refractivity contribution is 5.94. The van der Waals surface area contributed by atoms with Gasteiger partial charge in [0.1, 0.15) is 12.4 Å². The second kappa shape index (κ2) is 6.35. The van der Waals surface area contributed by atoms with Crippen LogP contribution in [0.2, 0.25) is 0 Å². The monoisotopic (exact) mass is 329 g/mol. The second-order valence-corrected chi connectivity index (χ2v) is 5.94. The van der Waals surface area contributed by atoms with Crippen LogP contribution in [0.15, 0.2) is 39.9 Å². The molecule has 1 saturated carbocycles. The third-order valence-electron chi connectivity index (χ3n) is 4.04. The molecule has 3 rings (SSSR count). The maximum absolute atomic E-state index is 11.9. The predicted molar refractivity (Wildman–Crippen MR) is 88.2 cm³/mol. The van der Waals surface area contributed by atoms with Crippen LogP contribution in [-0.2, 0) is 20.7 Å². The van der Waals surface area contributed by atoms with Crippen LogP contribution in [0.4, 0.5) is 0 Å². The molecule has 1 aromatic heterocycles. The SMILES string of the molecule is Cn1c(COc2ccc(C(=O)NC3CC3)cc2)cc(=O)n(C)c1=O. The van der Waals surface area contributed by atoms with Crippen LogP contribution in [0, 0.1) is 0 Å². The molecule has 0 unspecified atom stereocenters. The lowest BCUT2D eigenvalue weighted by molar-refractivity contribution is 0.0951. The fourth-order valence-corrected chi connectivity index (χ4v) is 2.27. The minimum Gasteiger partial charge on any atom is -0.487 e. The van der Waals surface area contributed by atoms with Gasteiger partial charge in [-0.15, -0.1) is 0 Å². The average Bonchev–Trinajstić information content (AvgIpc) is 3.39. The smallest absolute Gasteiger partial charge is 0.330 e. The van der Waals surface area contributed by atoms with E-state index in [9.17, 15) is 14.4 Å². The van der Waals surface area contributed by atoms with Gasteiger partial charge in [0.15, 0.2) is 0 Å². The van der Waals surface area contributed by atoms with Crippen molar-refractivity contribution in [1.82, 2.24) is 14.5 Å². The Morgan fingerprint density at radius 3 is 2.46 bits per heavy atom. The first-order valence-electron chi connectivity index (χ1n) is 7.75. The zero-order chi connectivity index (χ0) is 17.3. The minimum absolute atomic E-state index is 0.0852. The number of benzene rings is 1. The summed E-state index contributed by atoms with van der Waals surface area (Å²) in [5, 5.41) is 2.92. The number of ether oxygens (including phenoxy) is 1. The third-order valence-corrected chi connectivity index (χ3v) is 4.04. The molecule has 0 spiro atoms. The summed E-state index contributed by atoms with van der Waals surface area (Å²) < 4.78 is 8.02. The number of aromatic nitrogens is 2. The summed E-state index contributed by atoms with van der Waals surface area (Å²) in [6.07, 6.45) is 2.09. The van der Waals surface area contributed by atoms with Crippen molar-refractivity contribution in [2.75, 3.05) is 0 Å². The third kappa shape index (κ3) is 3.40. The molecular formula is C17H19N3O4. The Bertz CT molecular complexity index is 876. The van der Waals surface area contributed by atoms with Crippen LogP contribution in [0.25, 0.3) is 0 Å². The van der Waals surface area contributed by atoms with Crippen molar-refractivity contribution in [3.63, 3.8) is 0 Å². The average molecular weight is 329 g/mol. The molecule has 1 N–H and O–H groups in total. The number of nitrogens with one attached hydrogen (secondary N) is 1. The van der Waals surface area contributed by atoms with Crippen LogP contribution in [0.5, 0.6) is 5.75 Å². The molecule has 2 aromatic rings. The van der Waals surface area contributed by atoms with E-state index in [1.54, 1.807) is 31.3 Å². The Labute approximate surface area is 138 Å². The van der Waals surface area contributed by atoms with Crippen molar-refractivity contribution in [2.24, 2.45) is 14.1 Å². The lowest BCUT2D eigenvalue weighted by atomic mass is 10.2. The molecule has 7 nitrogen and oxygen atoms in total. The molecule has 1 aliphatic rings. The van der Waals surface area contributed by atoms with Gasteiger partial charge in [0.05, 0.1) is 5.69 Å². The summed E-state index contributed by atoms with van der Waals surface area (Å²) in [5.74, 6) is 0.476. The Balaban J connectivity index is 1.68. The Hall–Kier alpha value is -2.83. The lowest BCUT2D eigenvalue weighted by Gasteiger charge is -2.11. The summed E-state index contributed by atoms with van der Waals surface area (Å²) in [6.45, 7) is 0.0927. The normalized spacial score (nSPS) is 13.6. The number of rotatable bonds is 5. The molecule has 0 bridgehead atoms. The zero-order valence-corrected chi connectivity index (χ0v) is 13.6. The van der Waals surface area contributed by atoms with E-state index >= 15 is 0 Å². The fraction of sp³-hybridized carbons (Fsp3) is 0.353. The topological polar surface area (TPSA) is 82.3 Å². The fourth-order valence-electron chi connectivity index (χ4n) is 2.27. The van der Waals surface area contributed by atoms with Crippen molar-refractivity contribution in [2.45, 2.75) is 25.5 Å². The van der Waals surface area contributed by atoms with Gasteiger partial charge >= 0.3 is 5.69 Å². The van der Waals surface area contributed by atoms with Crippen molar-refractivity contribution >= 4 is 5.91 Å². The molecule has 126 valence electrons. The van der Waals surface area contributed by atoms with Crippen molar-refractivity contribution in [3.05, 3.63) is 62.4 Å². The highest BCUT2D eigenvalue weighted by Gasteiger charge is 2.23. The van der Waals surface area contributed by atoms with E-state index in [0.717, 1.165) is 17.4 Å². The summed E-state index contributed by atoms with van der Waals surface area (Å²) in [5.41, 5.74) is 0.297. The van der Waals surface area contributed by atoms with E-state index in [0.29, 0.717) is 23.0 Å². The summed E-state index contributed by atoms with van der Waals surface area (Å²) in [4.78, 5) is 35.5. The molecule has 1 aliphatic carbocycles. The van der Waals surface area contributed by atoms with Gasteiger partial charge in [-0.2, -0.15) is 0 Å². The first kappa shape index (κ1) is 16.0. The Kier molecular flexibility index (Phi) is 4.24. The number of amides is 1. The molecule has 7 heteroatoms. The van der Waals surface area contributed by atoms with Crippen LogP contribution >= 0.6 is 0 Å². The second-order valence-electron chi connectivity index (χ2n) is 5.94. The van der Waals surface area contributed by atoms with Crippen LogP contribution < -0.4 is 21.3 Å². The van der Waals surface area contributed by atoms with Gasteiger partial charge in [-0.25, -0.2) is 4.79 Å². The maximum atomic E-state index is 11.9. The quantitative estimate of drug-likeness (QED) is 0.869. The van der Waals surface area contributed by atoms with Crippen LogP contribution in [0.3, 0.4) is 0 Å². The van der Waals surface area contributed by atoms with E-state index in [1.807, 2.05) is 0 Å². The van der Waals surface area contributed by atoms with E-state index in [2.05, 4.69) is 5.32 Å². The van der Waals surface area contributed by atoms with Crippen molar-refractivity contribution in [1.29, 1.82) is 0 Å². The van der Waals surface area contributed by atoms with E-state index in [-0.39, 0.29) is 18.1 Å². The van der Waals surface area contributed by atoms with Crippen molar-refractivity contribution in [3.8, 4) is 5.75 Å². The molecular weight excluding hydrogens is 310 g/mol. The molecule has 0 radical (unpaired) electrons. The van der Waals surface area contributed by atoms with Crippen molar-refractivity contribution < 1.29 is 9.53 Å². The highest BCUT2D eigenvalue weighted by Crippen LogP contribution is 2.20. The molecule has 24 heavy (non-hydrogen) atoms. The molecule has 0 saturated heterocycles. The standard InChI is InChI=1S/C17H19N3O4/c1-19-13(9-15(21)20(2)17(19)23)10-24-14-7-3-11(4-8-14)16(22)18-12-5-6-12/h3-4,7-9,12H,5-6,10H2,1-2H3,(H,18,22). The molecule has 1 amide bonds. The Morgan fingerprint density at radius 1 is 1.17 bits per heavy atom. The molecule has 1 heterocycles. The number of nitrogens with zero attached hydrogens (tertiary/aromatic N) is 2. The van der Waals surface area contributed by atoms with Gasteiger partial charge in [0.2, 0.25) is 0 Å². The minimum atomic E-state index is -0.395. The predicted octanol–water partition coefficient (Wildman–Crippen LogP) is 0.555. The number of hydrogen-bond acceptors (Lipinski definition) is 4. The molecule has 1 aromatic carbocycles. The van der Waals surface area contributed by atoms with Gasteiger partial charge < -0.3 is 10.1 Å². The van der Waals surface area contributed by atoms with Gasteiger partial charge in [0.25, 0.3) is 11.5 Å². The highest BCUT2D eigenvalue weighted by atomic mass is 16.5. The maximum Gasteiger partial charge on any atom is 0.330 e. The molecule has 0 atom stereocenters. The molecule has 0 aliphatic heterocycles. The van der Waals surface area contributed by atoms with Gasteiger partial charge in [-0.3, -0.25) is 18.7 Å². The van der Waals surface area contributed by atoms with E-state index in [4.69, 9.17) is 4.74 Å². The lowest BCUT2D eigenvalue weighted by Crippen LogP contribution is -2.38. The summed E-state index contributed by atoms with van der Waals surface area (Å²) in [7, 11) is 3.02. The number of carbonyl (C=O) groups is 1. The number of carbonyl (C=O) groups excluding carboxylic acids is 1. The van der Waals surface area contributed by atoms with E-state index < -0.39 is 5.69 Å². The molecule has 1 fully saturated rings. The Morgan fingerprint density at radius 2 is 1.83 bits per heavy atom. The summed E-state index contributed by atoms with van der Waals surface area (Å²) in [6, 6.07) is 8.46. The number of hydrogen-bond donors (Lipinski definition) is 1. The van der Waals surface area contributed by atoms with Crippen LogP contribution in [0.1, 0.15) is 28.9 Å². The van der Waals surface area contributed by atoms with E-state index in [1.165, 1.54) is 17.7 Å². The first-order chi connectivity index (χ1) is 11.5. The summed E-state index contributed by atoms with van der Waals surface area (Å²) >= 11 is 0. The van der Waals surface area contributed by atoms with Gasteiger partial charge in [0, 0.05) is 31.8 Å². The first-order valence-corrected chi connectivity index (χ1v) is 7.75.